The van der Waals surface area contributed by atoms with Gasteiger partial charge in [0.1, 0.15) is 11.4 Å². The average molecular weight is 393 g/mol. The summed E-state index contributed by atoms with van der Waals surface area (Å²) in [6.07, 6.45) is -1.01. The van der Waals surface area contributed by atoms with Crippen LogP contribution in [0.5, 0.6) is 5.75 Å². The number of carbonyl (C=O) groups is 1. The molecule has 0 bridgehead atoms. The van der Waals surface area contributed by atoms with Gasteiger partial charge in [0, 0.05) is 19.6 Å². The summed E-state index contributed by atoms with van der Waals surface area (Å²) < 4.78 is 10.5. The molecule has 0 aromatic heterocycles. The standard InChI is InChI=1S/C20H32N4O4/c1-6-21-18(22-11-17(25)14-7-9-16(27-5)10-8-14)23-15-12-24(13-15)19(26)28-20(2,3)4/h7-10,15,17,25H,6,11-13H2,1-5H3,(H2,21,22,23). The van der Waals surface area contributed by atoms with Crippen molar-refractivity contribution in [2.75, 3.05) is 33.3 Å². The molecule has 3 N–H and O–H groups in total. The zero-order valence-corrected chi connectivity index (χ0v) is 17.4. The summed E-state index contributed by atoms with van der Waals surface area (Å²) in [5.41, 5.74) is 0.281. The highest BCUT2D eigenvalue weighted by atomic mass is 16.6. The van der Waals surface area contributed by atoms with E-state index >= 15 is 0 Å². The number of amides is 1. The fourth-order valence-electron chi connectivity index (χ4n) is 2.67. The number of nitrogens with one attached hydrogen (secondary N) is 2. The molecule has 1 aromatic carbocycles. The molecule has 1 heterocycles. The monoisotopic (exact) mass is 392 g/mol. The first-order chi connectivity index (χ1) is 13.2. The SMILES string of the molecule is CCNC(=NCC(O)c1ccc(OC)cc1)NC1CN(C(=O)OC(C)(C)C)C1. The number of aliphatic imine (C=N–C) groups is 1. The molecule has 0 radical (unpaired) electrons. The maximum atomic E-state index is 12.0. The molecular formula is C20H32N4O4. The topological polar surface area (TPSA) is 95.4 Å². The molecule has 28 heavy (non-hydrogen) atoms. The number of likely N-dealkylation sites (tertiary alicyclic amines) is 1. The summed E-state index contributed by atoms with van der Waals surface area (Å²) in [5, 5.41) is 16.8. The first-order valence-electron chi connectivity index (χ1n) is 9.56. The van der Waals surface area contributed by atoms with Crippen LogP contribution in [0.1, 0.15) is 39.4 Å². The largest absolute Gasteiger partial charge is 0.497 e. The highest BCUT2D eigenvalue weighted by Gasteiger charge is 2.34. The van der Waals surface area contributed by atoms with Gasteiger partial charge in [-0.2, -0.15) is 0 Å². The van der Waals surface area contributed by atoms with E-state index in [2.05, 4.69) is 15.6 Å². The van der Waals surface area contributed by atoms with Crippen LogP contribution in [0.2, 0.25) is 0 Å². The fraction of sp³-hybridized carbons (Fsp3) is 0.600. The number of rotatable bonds is 6. The van der Waals surface area contributed by atoms with E-state index in [9.17, 15) is 9.90 Å². The minimum Gasteiger partial charge on any atom is -0.497 e. The number of hydrogen-bond acceptors (Lipinski definition) is 5. The lowest BCUT2D eigenvalue weighted by molar-refractivity contribution is 0.00700. The smallest absolute Gasteiger partial charge is 0.410 e. The molecule has 8 heteroatoms. The Balaban J connectivity index is 1.85. The number of carbonyl (C=O) groups excluding carboxylic acids is 1. The van der Waals surface area contributed by atoms with Gasteiger partial charge in [-0.3, -0.25) is 4.99 Å². The minimum atomic E-state index is -0.707. The third-order valence-electron chi connectivity index (χ3n) is 4.14. The van der Waals surface area contributed by atoms with Gasteiger partial charge in [0.15, 0.2) is 5.96 Å². The molecule has 2 rings (SSSR count). The Morgan fingerprint density at radius 3 is 2.50 bits per heavy atom. The maximum absolute atomic E-state index is 12.0. The highest BCUT2D eigenvalue weighted by Crippen LogP contribution is 2.18. The molecule has 1 unspecified atom stereocenters. The molecule has 1 amide bonds. The van der Waals surface area contributed by atoms with Crippen LogP contribution in [0.25, 0.3) is 0 Å². The predicted octanol–water partition coefficient (Wildman–Crippen LogP) is 1.90. The van der Waals surface area contributed by atoms with Crippen molar-refractivity contribution >= 4 is 12.1 Å². The van der Waals surface area contributed by atoms with Crippen molar-refractivity contribution in [3.05, 3.63) is 29.8 Å². The van der Waals surface area contributed by atoms with Gasteiger partial charge in [-0.25, -0.2) is 4.79 Å². The summed E-state index contributed by atoms with van der Waals surface area (Å²) in [6, 6.07) is 7.37. The van der Waals surface area contributed by atoms with Crippen molar-refractivity contribution in [3.8, 4) is 5.75 Å². The van der Waals surface area contributed by atoms with E-state index in [-0.39, 0.29) is 18.7 Å². The number of aliphatic hydroxyl groups is 1. The number of aliphatic hydroxyl groups excluding tert-OH is 1. The summed E-state index contributed by atoms with van der Waals surface area (Å²) in [4.78, 5) is 18.1. The molecule has 0 spiro atoms. The Hall–Kier alpha value is -2.48. The normalized spacial score (nSPS) is 16.2. The van der Waals surface area contributed by atoms with E-state index < -0.39 is 11.7 Å². The third kappa shape index (κ3) is 6.60. The van der Waals surface area contributed by atoms with Gasteiger partial charge in [-0.15, -0.1) is 0 Å². The van der Waals surface area contributed by atoms with E-state index in [1.807, 2.05) is 52.0 Å². The van der Waals surface area contributed by atoms with Crippen LogP contribution in [-0.4, -0.2) is 67.0 Å². The molecule has 8 nitrogen and oxygen atoms in total. The van der Waals surface area contributed by atoms with Gasteiger partial charge in [-0.05, 0) is 45.4 Å². The number of ether oxygens (including phenoxy) is 2. The molecule has 1 saturated heterocycles. The highest BCUT2D eigenvalue weighted by molar-refractivity contribution is 5.80. The average Bonchev–Trinajstić information content (AvgIpc) is 2.60. The second-order valence-electron chi connectivity index (χ2n) is 7.74. The Labute approximate surface area is 166 Å². The van der Waals surface area contributed by atoms with Crippen LogP contribution in [0, 0.1) is 0 Å². The third-order valence-corrected chi connectivity index (χ3v) is 4.14. The molecule has 1 aliphatic rings. The molecular weight excluding hydrogens is 360 g/mol. The summed E-state index contributed by atoms with van der Waals surface area (Å²) in [7, 11) is 1.61. The summed E-state index contributed by atoms with van der Waals surface area (Å²) in [6.45, 7) is 9.57. The van der Waals surface area contributed by atoms with Crippen LogP contribution >= 0.6 is 0 Å². The first-order valence-corrected chi connectivity index (χ1v) is 9.56. The van der Waals surface area contributed by atoms with Crippen molar-refractivity contribution in [3.63, 3.8) is 0 Å². The van der Waals surface area contributed by atoms with Crippen LogP contribution in [0.4, 0.5) is 4.79 Å². The van der Waals surface area contributed by atoms with E-state index in [1.54, 1.807) is 12.0 Å². The van der Waals surface area contributed by atoms with E-state index in [0.717, 1.165) is 11.3 Å². The molecule has 0 saturated carbocycles. The lowest BCUT2D eigenvalue weighted by Crippen LogP contribution is -2.63. The van der Waals surface area contributed by atoms with E-state index in [0.29, 0.717) is 25.6 Å². The number of nitrogens with zero attached hydrogens (tertiary/aromatic N) is 2. The number of hydrogen-bond donors (Lipinski definition) is 3. The second-order valence-corrected chi connectivity index (χ2v) is 7.74. The Morgan fingerprint density at radius 2 is 1.96 bits per heavy atom. The molecule has 1 aliphatic heterocycles. The van der Waals surface area contributed by atoms with Gasteiger partial charge in [0.25, 0.3) is 0 Å². The van der Waals surface area contributed by atoms with Gasteiger partial charge >= 0.3 is 6.09 Å². The van der Waals surface area contributed by atoms with Crippen LogP contribution in [-0.2, 0) is 4.74 Å². The van der Waals surface area contributed by atoms with Gasteiger partial charge in [-0.1, -0.05) is 12.1 Å². The quantitative estimate of drug-likeness (QED) is 0.506. The molecule has 1 aromatic rings. The first kappa shape index (κ1) is 21.8. The number of methoxy groups -OCH3 is 1. The Kier molecular flexibility index (Phi) is 7.51. The Morgan fingerprint density at radius 1 is 1.32 bits per heavy atom. The van der Waals surface area contributed by atoms with Crippen molar-refractivity contribution in [2.24, 2.45) is 4.99 Å². The number of guanidine groups is 1. The van der Waals surface area contributed by atoms with Crippen LogP contribution in [0.3, 0.4) is 0 Å². The van der Waals surface area contributed by atoms with E-state index in [1.165, 1.54) is 0 Å². The summed E-state index contributed by atoms with van der Waals surface area (Å²) in [5.74, 6) is 1.36. The van der Waals surface area contributed by atoms with Gasteiger partial charge in [0.2, 0.25) is 0 Å². The second kappa shape index (κ2) is 9.64. The molecule has 1 atom stereocenters. The maximum Gasteiger partial charge on any atom is 0.410 e. The summed E-state index contributed by atoms with van der Waals surface area (Å²) >= 11 is 0. The minimum absolute atomic E-state index is 0.100. The molecule has 1 fully saturated rings. The Bertz CT molecular complexity index is 664. The zero-order valence-electron chi connectivity index (χ0n) is 17.4. The molecule has 156 valence electrons. The van der Waals surface area contributed by atoms with Crippen molar-refractivity contribution < 1.29 is 19.4 Å². The zero-order chi connectivity index (χ0) is 20.7. The van der Waals surface area contributed by atoms with Gasteiger partial charge in [0.05, 0.1) is 25.8 Å². The number of benzene rings is 1. The lowest BCUT2D eigenvalue weighted by Gasteiger charge is -2.40. The van der Waals surface area contributed by atoms with Crippen LogP contribution in [0.15, 0.2) is 29.3 Å². The van der Waals surface area contributed by atoms with Crippen molar-refractivity contribution in [1.82, 2.24) is 15.5 Å². The fourth-order valence-corrected chi connectivity index (χ4v) is 2.67. The van der Waals surface area contributed by atoms with Gasteiger partial charge < -0.3 is 30.1 Å². The lowest BCUT2D eigenvalue weighted by atomic mass is 10.1. The van der Waals surface area contributed by atoms with Crippen LogP contribution < -0.4 is 15.4 Å². The predicted molar refractivity (Wildman–Crippen MR) is 109 cm³/mol. The molecule has 0 aliphatic carbocycles. The van der Waals surface area contributed by atoms with E-state index in [4.69, 9.17) is 9.47 Å². The van der Waals surface area contributed by atoms with Crippen molar-refractivity contribution in [1.29, 1.82) is 0 Å². The van der Waals surface area contributed by atoms with Crippen molar-refractivity contribution in [2.45, 2.75) is 45.4 Å².